The third-order valence-electron chi connectivity index (χ3n) is 3.71. The molecule has 4 heteroatoms. The summed E-state index contributed by atoms with van der Waals surface area (Å²) in [4.78, 5) is 11.9. The lowest BCUT2D eigenvalue weighted by Crippen LogP contribution is -2.24. The highest BCUT2D eigenvalue weighted by Gasteiger charge is 2.31. The molecule has 0 radical (unpaired) electrons. The van der Waals surface area contributed by atoms with E-state index in [0.717, 1.165) is 17.1 Å². The average molecular weight is 255 g/mol. The van der Waals surface area contributed by atoms with Crippen molar-refractivity contribution < 1.29 is 4.79 Å². The third kappa shape index (κ3) is 1.93. The van der Waals surface area contributed by atoms with Gasteiger partial charge in [0.1, 0.15) is 5.82 Å². The number of carbonyl (C=O) groups is 1. The molecule has 0 fully saturated rings. The van der Waals surface area contributed by atoms with E-state index in [9.17, 15) is 4.79 Å². The van der Waals surface area contributed by atoms with Crippen LogP contribution < -0.4 is 5.32 Å². The minimum absolute atomic E-state index is 0.0574. The molecule has 1 aliphatic rings. The first-order valence-electron chi connectivity index (χ1n) is 6.46. The minimum atomic E-state index is 0.0574. The highest BCUT2D eigenvalue weighted by molar-refractivity contribution is 5.94. The Hall–Kier alpha value is -2.10. The van der Waals surface area contributed by atoms with E-state index in [4.69, 9.17) is 0 Å². The van der Waals surface area contributed by atoms with Gasteiger partial charge in [-0.3, -0.25) is 9.48 Å². The van der Waals surface area contributed by atoms with E-state index < -0.39 is 0 Å². The van der Waals surface area contributed by atoms with Crippen molar-refractivity contribution in [2.45, 2.75) is 26.2 Å². The standard InChI is InChI=1S/C15H17N3O/c1-9-5-4-6-11(7-9)12-8-13(19)16-15-14(12)10(2)17-18(15)3/h4-7,12H,8H2,1-3H3,(H,16,19). The second kappa shape index (κ2) is 4.23. The Morgan fingerprint density at radius 2 is 2.16 bits per heavy atom. The number of hydrogen-bond donors (Lipinski definition) is 1. The van der Waals surface area contributed by atoms with E-state index in [2.05, 4.69) is 35.5 Å². The van der Waals surface area contributed by atoms with Crippen molar-refractivity contribution in [1.29, 1.82) is 0 Å². The van der Waals surface area contributed by atoms with Crippen LogP contribution in [0.3, 0.4) is 0 Å². The van der Waals surface area contributed by atoms with E-state index in [1.165, 1.54) is 11.1 Å². The minimum Gasteiger partial charge on any atom is -0.311 e. The van der Waals surface area contributed by atoms with Crippen LogP contribution in [0.25, 0.3) is 0 Å². The molecule has 1 aliphatic heterocycles. The molecule has 1 atom stereocenters. The molecule has 1 unspecified atom stereocenters. The fourth-order valence-corrected chi connectivity index (χ4v) is 2.88. The van der Waals surface area contributed by atoms with Crippen LogP contribution in [-0.2, 0) is 11.8 Å². The van der Waals surface area contributed by atoms with Gasteiger partial charge in [-0.2, -0.15) is 5.10 Å². The predicted octanol–water partition coefficient (Wildman–Crippen LogP) is 2.51. The van der Waals surface area contributed by atoms with Gasteiger partial charge in [0.25, 0.3) is 0 Å². The van der Waals surface area contributed by atoms with E-state index >= 15 is 0 Å². The molecule has 2 heterocycles. The highest BCUT2D eigenvalue weighted by atomic mass is 16.1. The Balaban J connectivity index is 2.16. The van der Waals surface area contributed by atoms with Crippen molar-refractivity contribution in [2.75, 3.05) is 5.32 Å². The molecule has 4 nitrogen and oxygen atoms in total. The summed E-state index contributed by atoms with van der Waals surface area (Å²) >= 11 is 0. The molecule has 1 aromatic heterocycles. The summed E-state index contributed by atoms with van der Waals surface area (Å²) in [6.07, 6.45) is 0.489. The van der Waals surface area contributed by atoms with Gasteiger partial charge in [-0.15, -0.1) is 0 Å². The molecule has 3 rings (SSSR count). The Labute approximate surface area is 112 Å². The number of fused-ring (bicyclic) bond motifs is 1. The maximum absolute atomic E-state index is 11.9. The van der Waals surface area contributed by atoms with Gasteiger partial charge in [0.15, 0.2) is 0 Å². The van der Waals surface area contributed by atoms with Crippen LogP contribution in [0.2, 0.25) is 0 Å². The zero-order valence-corrected chi connectivity index (χ0v) is 11.4. The quantitative estimate of drug-likeness (QED) is 0.851. The molecule has 0 saturated heterocycles. The van der Waals surface area contributed by atoms with Crippen molar-refractivity contribution in [1.82, 2.24) is 9.78 Å². The normalized spacial score (nSPS) is 18.1. The maximum Gasteiger partial charge on any atom is 0.226 e. The fraction of sp³-hybridized carbons (Fsp3) is 0.333. The molecule has 98 valence electrons. The van der Waals surface area contributed by atoms with Crippen molar-refractivity contribution in [2.24, 2.45) is 7.05 Å². The molecule has 1 aromatic carbocycles. The van der Waals surface area contributed by atoms with Gasteiger partial charge in [0.05, 0.1) is 5.69 Å². The SMILES string of the molecule is Cc1cccc(C2CC(=O)Nc3c2c(C)nn3C)c1. The summed E-state index contributed by atoms with van der Waals surface area (Å²) in [7, 11) is 1.87. The fourth-order valence-electron chi connectivity index (χ4n) is 2.88. The highest BCUT2D eigenvalue weighted by Crippen LogP contribution is 2.38. The summed E-state index contributed by atoms with van der Waals surface area (Å²) in [6, 6.07) is 8.36. The van der Waals surface area contributed by atoms with Crippen LogP contribution in [0.4, 0.5) is 5.82 Å². The largest absolute Gasteiger partial charge is 0.311 e. The first-order valence-corrected chi connectivity index (χ1v) is 6.46. The van der Waals surface area contributed by atoms with E-state index in [-0.39, 0.29) is 11.8 Å². The molecular formula is C15H17N3O. The Kier molecular flexibility index (Phi) is 2.66. The van der Waals surface area contributed by atoms with Crippen LogP contribution >= 0.6 is 0 Å². The van der Waals surface area contributed by atoms with Crippen LogP contribution in [0.1, 0.15) is 34.7 Å². The number of nitrogens with one attached hydrogen (secondary N) is 1. The van der Waals surface area contributed by atoms with Gasteiger partial charge in [-0.05, 0) is 19.4 Å². The molecule has 1 N–H and O–H groups in total. The summed E-state index contributed by atoms with van der Waals surface area (Å²) in [5.74, 6) is 1.000. The summed E-state index contributed by atoms with van der Waals surface area (Å²) in [5, 5.41) is 7.35. The van der Waals surface area contributed by atoms with E-state index in [0.29, 0.717) is 6.42 Å². The number of nitrogens with zero attached hydrogens (tertiary/aromatic N) is 2. The first-order chi connectivity index (χ1) is 9.06. The molecule has 1 amide bonds. The second-order valence-corrected chi connectivity index (χ2v) is 5.19. The molecule has 0 aliphatic carbocycles. The van der Waals surface area contributed by atoms with Gasteiger partial charge < -0.3 is 5.32 Å². The number of rotatable bonds is 1. The van der Waals surface area contributed by atoms with Crippen molar-refractivity contribution in [3.8, 4) is 0 Å². The number of aryl methyl sites for hydroxylation is 3. The van der Waals surface area contributed by atoms with Crippen LogP contribution in [0.5, 0.6) is 0 Å². The summed E-state index contributed by atoms with van der Waals surface area (Å²) < 4.78 is 1.75. The zero-order valence-electron chi connectivity index (χ0n) is 11.4. The number of aromatic nitrogens is 2. The Morgan fingerprint density at radius 1 is 1.37 bits per heavy atom. The topological polar surface area (TPSA) is 46.9 Å². The van der Waals surface area contributed by atoms with Gasteiger partial charge >= 0.3 is 0 Å². The van der Waals surface area contributed by atoms with Crippen LogP contribution in [0.15, 0.2) is 24.3 Å². The van der Waals surface area contributed by atoms with Gasteiger partial charge in [-0.1, -0.05) is 29.8 Å². The van der Waals surface area contributed by atoms with E-state index in [1.807, 2.05) is 20.0 Å². The maximum atomic E-state index is 11.9. The molecule has 19 heavy (non-hydrogen) atoms. The number of benzene rings is 1. The molecule has 0 saturated carbocycles. The van der Waals surface area contributed by atoms with Gasteiger partial charge in [0.2, 0.25) is 5.91 Å². The Morgan fingerprint density at radius 3 is 2.89 bits per heavy atom. The number of hydrogen-bond acceptors (Lipinski definition) is 2. The molecular weight excluding hydrogens is 238 g/mol. The van der Waals surface area contributed by atoms with Crippen LogP contribution in [-0.4, -0.2) is 15.7 Å². The lowest BCUT2D eigenvalue weighted by Gasteiger charge is -2.24. The van der Waals surface area contributed by atoms with Crippen molar-refractivity contribution in [3.05, 3.63) is 46.6 Å². The third-order valence-corrected chi connectivity index (χ3v) is 3.71. The monoisotopic (exact) mass is 255 g/mol. The average Bonchev–Trinajstić information content (AvgIpc) is 2.64. The van der Waals surface area contributed by atoms with Gasteiger partial charge in [0, 0.05) is 24.9 Å². The molecule has 2 aromatic rings. The van der Waals surface area contributed by atoms with Crippen molar-refractivity contribution in [3.63, 3.8) is 0 Å². The molecule has 0 spiro atoms. The first kappa shape index (κ1) is 12.0. The summed E-state index contributed by atoms with van der Waals surface area (Å²) in [6.45, 7) is 4.07. The van der Waals surface area contributed by atoms with Crippen molar-refractivity contribution >= 4 is 11.7 Å². The van der Waals surface area contributed by atoms with E-state index in [1.54, 1.807) is 4.68 Å². The smallest absolute Gasteiger partial charge is 0.226 e. The number of anilines is 1. The number of amides is 1. The lowest BCUT2D eigenvalue weighted by molar-refractivity contribution is -0.116. The number of carbonyl (C=O) groups excluding carboxylic acids is 1. The lowest BCUT2D eigenvalue weighted by atomic mass is 9.85. The van der Waals surface area contributed by atoms with Crippen LogP contribution in [0, 0.1) is 13.8 Å². The zero-order chi connectivity index (χ0) is 13.6. The summed E-state index contributed by atoms with van der Waals surface area (Å²) in [5.41, 5.74) is 4.54. The second-order valence-electron chi connectivity index (χ2n) is 5.19. The predicted molar refractivity (Wildman–Crippen MR) is 74.2 cm³/mol. The Bertz CT molecular complexity index is 657. The van der Waals surface area contributed by atoms with Gasteiger partial charge in [-0.25, -0.2) is 0 Å². The molecule has 0 bridgehead atoms.